The van der Waals surface area contributed by atoms with Crippen molar-refractivity contribution in [1.29, 1.82) is 5.26 Å². The number of nitrogens with one attached hydrogen (secondary N) is 1. The number of amides is 1. The van der Waals surface area contributed by atoms with Gasteiger partial charge in [0.25, 0.3) is 5.91 Å². The number of nitrogens with zero attached hydrogens (tertiary/aromatic N) is 1. The zero-order valence-corrected chi connectivity index (χ0v) is 13.3. The van der Waals surface area contributed by atoms with Crippen LogP contribution < -0.4 is 5.32 Å². The monoisotopic (exact) mass is 328 g/mol. The molecule has 5 nitrogen and oxygen atoms in total. The van der Waals surface area contributed by atoms with Gasteiger partial charge in [0.2, 0.25) is 0 Å². The van der Waals surface area contributed by atoms with E-state index in [1.165, 1.54) is 24.3 Å². The number of phenolic OH excluding ortho intramolecular Hbond substituents is 2. The Morgan fingerprint density at radius 2 is 2.17 bits per heavy atom. The highest BCUT2D eigenvalue weighted by Crippen LogP contribution is 2.25. The quantitative estimate of drug-likeness (QED) is 0.447. The number of thiophene rings is 1. The zero-order chi connectivity index (χ0) is 16.8. The maximum atomic E-state index is 12.2. The molecular weight excluding hydrogens is 312 g/mol. The van der Waals surface area contributed by atoms with Crippen molar-refractivity contribution in [3.05, 3.63) is 51.7 Å². The maximum absolute atomic E-state index is 12.2. The molecule has 0 saturated heterocycles. The number of hydrogen-bond acceptors (Lipinski definition) is 5. The lowest BCUT2D eigenvalue weighted by atomic mass is 10.1. The molecule has 0 saturated carbocycles. The smallest absolute Gasteiger partial charge is 0.262 e. The Hall–Kier alpha value is -2.78. The molecule has 1 aromatic heterocycles. The Morgan fingerprint density at radius 3 is 2.78 bits per heavy atom. The summed E-state index contributed by atoms with van der Waals surface area (Å²) < 4.78 is 0. The Bertz CT molecular complexity index is 761. The van der Waals surface area contributed by atoms with Gasteiger partial charge in [-0.25, -0.2) is 0 Å². The molecule has 3 N–H and O–H groups in total. The van der Waals surface area contributed by atoms with Gasteiger partial charge in [-0.15, -0.1) is 11.3 Å². The van der Waals surface area contributed by atoms with Crippen LogP contribution in [0.25, 0.3) is 6.08 Å². The second-order valence-electron chi connectivity index (χ2n) is 5.08. The van der Waals surface area contributed by atoms with Crippen LogP contribution in [0.3, 0.4) is 0 Å². The van der Waals surface area contributed by atoms with Crippen LogP contribution in [0.15, 0.2) is 41.3 Å². The number of carbonyl (C=O) groups excluding carboxylic acids is 1. The molecule has 0 aliphatic heterocycles. The molecule has 0 fully saturated rings. The number of hydrogen-bond donors (Lipinski definition) is 3. The predicted octanol–water partition coefficient (Wildman–Crippen LogP) is 2.81. The summed E-state index contributed by atoms with van der Waals surface area (Å²) in [5.74, 6) is -1.03. The van der Waals surface area contributed by atoms with Gasteiger partial charge in [-0.1, -0.05) is 12.1 Å². The van der Waals surface area contributed by atoms with E-state index in [-0.39, 0.29) is 23.1 Å². The summed E-state index contributed by atoms with van der Waals surface area (Å²) in [6.07, 6.45) is 2.06. The average molecular weight is 328 g/mol. The van der Waals surface area contributed by atoms with Gasteiger partial charge in [-0.2, -0.15) is 5.26 Å². The topological polar surface area (TPSA) is 93.4 Å². The summed E-state index contributed by atoms with van der Waals surface area (Å²) in [5, 5.41) is 32.6. The Labute approximate surface area is 138 Å². The third kappa shape index (κ3) is 4.59. The van der Waals surface area contributed by atoms with Crippen molar-refractivity contribution in [2.75, 3.05) is 0 Å². The van der Waals surface area contributed by atoms with Crippen molar-refractivity contribution >= 4 is 23.3 Å². The van der Waals surface area contributed by atoms with E-state index in [9.17, 15) is 15.0 Å². The lowest BCUT2D eigenvalue weighted by molar-refractivity contribution is -0.117. The van der Waals surface area contributed by atoms with Gasteiger partial charge < -0.3 is 15.5 Å². The average Bonchev–Trinajstić information content (AvgIpc) is 3.00. The first-order valence-corrected chi connectivity index (χ1v) is 7.84. The molecule has 2 rings (SSSR count). The van der Waals surface area contributed by atoms with Gasteiger partial charge in [-0.3, -0.25) is 4.79 Å². The first-order valence-electron chi connectivity index (χ1n) is 6.96. The largest absolute Gasteiger partial charge is 0.504 e. The molecule has 0 aliphatic carbocycles. The number of carbonyl (C=O) groups is 1. The van der Waals surface area contributed by atoms with Crippen molar-refractivity contribution < 1.29 is 15.0 Å². The van der Waals surface area contributed by atoms with Crippen molar-refractivity contribution in [3.63, 3.8) is 0 Å². The number of aromatic hydroxyl groups is 2. The predicted molar refractivity (Wildman–Crippen MR) is 89.0 cm³/mol. The number of rotatable bonds is 5. The first kappa shape index (κ1) is 16.6. The van der Waals surface area contributed by atoms with Crippen molar-refractivity contribution in [3.8, 4) is 17.6 Å². The highest BCUT2D eigenvalue weighted by atomic mass is 32.1. The first-order chi connectivity index (χ1) is 11.0. The SMILES string of the molecule is CC(Cc1cccs1)NC(=O)/C(C#N)=C/c1ccc(O)c(O)c1. The fourth-order valence-electron chi connectivity index (χ4n) is 2.03. The Balaban J connectivity index is 2.07. The molecule has 2 aromatic rings. The third-order valence-corrected chi connectivity index (χ3v) is 4.04. The molecule has 6 heteroatoms. The van der Waals surface area contributed by atoms with Crippen LogP contribution in [0.5, 0.6) is 11.5 Å². The van der Waals surface area contributed by atoms with Gasteiger partial charge in [0, 0.05) is 17.3 Å². The van der Waals surface area contributed by atoms with E-state index in [1.807, 2.05) is 30.5 Å². The van der Waals surface area contributed by atoms with E-state index in [0.717, 1.165) is 4.88 Å². The Morgan fingerprint density at radius 1 is 1.39 bits per heavy atom. The fourth-order valence-corrected chi connectivity index (χ4v) is 2.86. The van der Waals surface area contributed by atoms with E-state index >= 15 is 0 Å². The normalized spacial score (nSPS) is 12.4. The van der Waals surface area contributed by atoms with Crippen LogP contribution in [0, 0.1) is 11.3 Å². The minimum atomic E-state index is -0.468. The van der Waals surface area contributed by atoms with Crippen LogP contribution in [0.1, 0.15) is 17.4 Å². The lowest BCUT2D eigenvalue weighted by Gasteiger charge is -2.12. The van der Waals surface area contributed by atoms with Crippen LogP contribution in [-0.2, 0) is 11.2 Å². The summed E-state index contributed by atoms with van der Waals surface area (Å²) in [6.45, 7) is 1.87. The van der Waals surface area contributed by atoms with E-state index in [2.05, 4.69) is 5.32 Å². The summed E-state index contributed by atoms with van der Waals surface area (Å²) in [5.41, 5.74) is 0.394. The minimum Gasteiger partial charge on any atom is -0.504 e. The van der Waals surface area contributed by atoms with E-state index in [0.29, 0.717) is 12.0 Å². The number of phenols is 2. The number of nitriles is 1. The highest BCUT2D eigenvalue weighted by molar-refractivity contribution is 7.09. The molecule has 1 unspecified atom stereocenters. The second-order valence-corrected chi connectivity index (χ2v) is 6.11. The number of benzene rings is 1. The van der Waals surface area contributed by atoms with Crippen LogP contribution >= 0.6 is 11.3 Å². The molecule has 1 heterocycles. The zero-order valence-electron chi connectivity index (χ0n) is 12.5. The lowest BCUT2D eigenvalue weighted by Crippen LogP contribution is -2.34. The van der Waals surface area contributed by atoms with Crippen LogP contribution in [0.2, 0.25) is 0 Å². The fraction of sp³-hybridized carbons (Fsp3) is 0.176. The van der Waals surface area contributed by atoms with Gasteiger partial charge in [0.05, 0.1) is 0 Å². The van der Waals surface area contributed by atoms with Gasteiger partial charge in [0.15, 0.2) is 11.5 Å². The Kier molecular flexibility index (Phi) is 5.39. The molecule has 118 valence electrons. The van der Waals surface area contributed by atoms with E-state index in [4.69, 9.17) is 5.26 Å². The second kappa shape index (κ2) is 7.47. The van der Waals surface area contributed by atoms with Gasteiger partial charge in [0.1, 0.15) is 11.6 Å². The molecule has 1 aromatic carbocycles. The molecule has 1 amide bonds. The molecule has 1 atom stereocenters. The molecule has 0 aliphatic rings. The molecule has 0 spiro atoms. The summed E-state index contributed by atoms with van der Waals surface area (Å²) in [7, 11) is 0. The van der Waals surface area contributed by atoms with Crippen molar-refractivity contribution in [2.24, 2.45) is 0 Å². The molecule has 0 bridgehead atoms. The summed E-state index contributed by atoms with van der Waals surface area (Å²) >= 11 is 1.62. The van der Waals surface area contributed by atoms with Crippen LogP contribution in [-0.4, -0.2) is 22.2 Å². The summed E-state index contributed by atoms with van der Waals surface area (Å²) in [4.78, 5) is 13.3. The molecule has 0 radical (unpaired) electrons. The third-order valence-electron chi connectivity index (χ3n) is 3.14. The van der Waals surface area contributed by atoms with E-state index < -0.39 is 5.91 Å². The van der Waals surface area contributed by atoms with E-state index in [1.54, 1.807) is 11.3 Å². The highest BCUT2D eigenvalue weighted by Gasteiger charge is 2.13. The molecular formula is C17H16N2O3S. The van der Waals surface area contributed by atoms with Gasteiger partial charge in [-0.05, 0) is 42.1 Å². The maximum Gasteiger partial charge on any atom is 0.262 e. The molecule has 23 heavy (non-hydrogen) atoms. The van der Waals surface area contributed by atoms with Crippen molar-refractivity contribution in [1.82, 2.24) is 5.32 Å². The minimum absolute atomic E-state index is 0.0619. The van der Waals surface area contributed by atoms with Gasteiger partial charge >= 0.3 is 0 Å². The van der Waals surface area contributed by atoms with Crippen LogP contribution in [0.4, 0.5) is 0 Å². The van der Waals surface area contributed by atoms with Crippen molar-refractivity contribution in [2.45, 2.75) is 19.4 Å². The standard InChI is InChI=1S/C17H16N2O3S/c1-11(7-14-3-2-6-23-14)19-17(22)13(10-18)8-12-4-5-15(20)16(21)9-12/h2-6,8-9,11,20-21H,7H2,1H3,(H,19,22)/b13-8+. The summed E-state index contributed by atoms with van der Waals surface area (Å²) in [6, 6.07) is 9.79.